The molecule has 8 rings (SSSR count). The summed E-state index contributed by atoms with van der Waals surface area (Å²) in [4.78, 5) is 56.7. The fraction of sp³-hybridized carbons (Fsp3) is 0.310. The number of ether oxygens (including phenoxy) is 1. The quantitative estimate of drug-likeness (QED) is 0.167. The van der Waals surface area contributed by atoms with Gasteiger partial charge in [0.05, 0.1) is 18.5 Å². The number of rotatable bonds is 8. The highest BCUT2D eigenvalue weighted by Gasteiger charge is 2.38. The molecular formula is C42H43FN8O4. The third-order valence-electron chi connectivity index (χ3n) is 11.6. The number of H-pyrrole nitrogens is 2. The summed E-state index contributed by atoms with van der Waals surface area (Å²) in [6, 6.07) is 19.7. The van der Waals surface area contributed by atoms with E-state index < -0.39 is 17.1 Å². The molecule has 2 aliphatic heterocycles. The predicted octanol–water partition coefficient (Wildman–Crippen LogP) is 5.73. The van der Waals surface area contributed by atoms with Crippen LogP contribution in [0.15, 0.2) is 88.8 Å². The number of piperidine rings is 2. The molecule has 13 heteroatoms. The molecule has 2 aliphatic rings. The van der Waals surface area contributed by atoms with Gasteiger partial charge in [0.1, 0.15) is 23.5 Å². The van der Waals surface area contributed by atoms with Crippen molar-refractivity contribution in [3.05, 3.63) is 123 Å². The van der Waals surface area contributed by atoms with Gasteiger partial charge in [-0.25, -0.2) is 19.2 Å². The number of carbonyl (C=O) groups excluding carboxylic acids is 1. The Morgan fingerprint density at radius 1 is 0.927 bits per heavy atom. The first kappa shape index (κ1) is 35.9. The largest absolute Gasteiger partial charge is 0.495 e. The lowest BCUT2D eigenvalue weighted by molar-refractivity contribution is 0.0305. The second-order valence-corrected chi connectivity index (χ2v) is 14.8. The van der Waals surface area contributed by atoms with Crippen LogP contribution in [0.3, 0.4) is 0 Å². The Morgan fingerprint density at radius 2 is 1.67 bits per heavy atom. The molecule has 1 amide bonds. The maximum atomic E-state index is 14.3. The average Bonchev–Trinajstić information content (AvgIpc) is 3.64. The Kier molecular flexibility index (Phi) is 9.56. The predicted molar refractivity (Wildman–Crippen MR) is 210 cm³/mol. The maximum Gasteiger partial charge on any atom is 0.333 e. The van der Waals surface area contributed by atoms with Crippen molar-refractivity contribution in [2.45, 2.75) is 39.0 Å². The Balaban J connectivity index is 0.853. The first-order valence-electron chi connectivity index (χ1n) is 18.6. The number of halogens is 1. The summed E-state index contributed by atoms with van der Waals surface area (Å²) < 4.78 is 21.0. The molecule has 3 aromatic carbocycles. The molecule has 0 aliphatic carbocycles. The molecule has 4 N–H and O–H groups in total. The number of hydrogen-bond donors (Lipinski definition) is 3. The van der Waals surface area contributed by atoms with E-state index in [-0.39, 0.29) is 11.3 Å². The van der Waals surface area contributed by atoms with Crippen molar-refractivity contribution in [1.29, 1.82) is 0 Å². The summed E-state index contributed by atoms with van der Waals surface area (Å²) in [6.45, 7) is 6.31. The normalized spacial score (nSPS) is 15.8. The first-order chi connectivity index (χ1) is 26.6. The highest BCUT2D eigenvalue weighted by molar-refractivity contribution is 5.96. The number of carbonyl (C=O) groups is 1. The van der Waals surface area contributed by atoms with Gasteiger partial charge in [-0.3, -0.25) is 19.1 Å². The van der Waals surface area contributed by atoms with E-state index in [2.05, 4.69) is 49.1 Å². The summed E-state index contributed by atoms with van der Waals surface area (Å²) in [6.07, 6.45) is 7.98. The number of nitrogens with zero attached hydrogens (tertiary/aromatic N) is 5. The molecule has 0 atom stereocenters. The standard InChI is InChI=1S/C42H43FN8O4/c1-26-31(22-30(43)23-33(26)44)38-32-24-34(47-39(32)46-25-45-38)28-5-3-27(4-6-28)9-15-49-17-11-42(12-18-49)13-19-50(20-14-42)40(53)29-7-8-36(55-2)35(21-29)51-16-10-37(52)48-41(51)54/h3-8,10,16,21-25H,9,11-15,17-20,44H2,1-2H3,(H,45,46,47)(H,48,52,54). The van der Waals surface area contributed by atoms with Crippen LogP contribution in [0.5, 0.6) is 5.75 Å². The van der Waals surface area contributed by atoms with Gasteiger partial charge in [-0.2, -0.15) is 0 Å². The zero-order chi connectivity index (χ0) is 38.3. The number of aromatic amines is 2. The van der Waals surface area contributed by atoms with Gasteiger partial charge < -0.3 is 25.3 Å². The summed E-state index contributed by atoms with van der Waals surface area (Å²) >= 11 is 0. The van der Waals surface area contributed by atoms with E-state index in [0.717, 1.165) is 73.9 Å². The van der Waals surface area contributed by atoms with Crippen LogP contribution < -0.4 is 21.7 Å². The van der Waals surface area contributed by atoms with Crippen molar-refractivity contribution in [1.82, 2.24) is 34.3 Å². The van der Waals surface area contributed by atoms with E-state index in [1.54, 1.807) is 18.2 Å². The fourth-order valence-electron chi connectivity index (χ4n) is 8.13. The SMILES string of the molecule is COc1ccc(C(=O)N2CCC3(CCN(CCc4ccc(-c5cc6c(-c7cc(F)cc(N)c7C)ncnc6[nH]5)cc4)CC3)CC2)cc1-n1ccc(=O)[nH]c1=O. The topological polar surface area (TPSA) is 155 Å². The second kappa shape index (κ2) is 14.6. The van der Waals surface area contributed by atoms with Crippen LogP contribution in [0.4, 0.5) is 10.1 Å². The van der Waals surface area contributed by atoms with Crippen molar-refractivity contribution >= 4 is 22.6 Å². The van der Waals surface area contributed by atoms with Gasteiger partial charge in [0, 0.05) is 59.8 Å². The zero-order valence-corrected chi connectivity index (χ0v) is 30.9. The molecule has 0 unspecified atom stereocenters. The van der Waals surface area contributed by atoms with Gasteiger partial charge in [0.25, 0.3) is 11.5 Å². The van der Waals surface area contributed by atoms with Gasteiger partial charge in [0.15, 0.2) is 0 Å². The number of methoxy groups -OCH3 is 1. The molecule has 0 bridgehead atoms. The van der Waals surface area contributed by atoms with Crippen LogP contribution in [0.1, 0.15) is 47.2 Å². The summed E-state index contributed by atoms with van der Waals surface area (Å²) in [5.74, 6) is -0.0523. The zero-order valence-electron chi connectivity index (χ0n) is 30.9. The average molecular weight is 743 g/mol. The van der Waals surface area contributed by atoms with Crippen molar-refractivity contribution in [2.24, 2.45) is 5.41 Å². The lowest BCUT2D eigenvalue weighted by Crippen LogP contribution is -2.48. The lowest BCUT2D eigenvalue weighted by atomic mass is 9.71. The monoisotopic (exact) mass is 742 g/mol. The number of benzene rings is 3. The van der Waals surface area contributed by atoms with Gasteiger partial charge in [-0.15, -0.1) is 0 Å². The van der Waals surface area contributed by atoms with Gasteiger partial charge in [-0.05, 0) is 111 Å². The molecule has 3 aromatic heterocycles. The van der Waals surface area contributed by atoms with Crippen molar-refractivity contribution in [2.75, 3.05) is 45.6 Å². The Morgan fingerprint density at radius 3 is 2.40 bits per heavy atom. The van der Waals surface area contributed by atoms with Gasteiger partial charge >= 0.3 is 5.69 Å². The van der Waals surface area contributed by atoms with Gasteiger partial charge in [-0.1, -0.05) is 24.3 Å². The van der Waals surface area contributed by atoms with Crippen molar-refractivity contribution < 1.29 is 13.9 Å². The molecule has 2 fully saturated rings. The van der Waals surface area contributed by atoms with Crippen molar-refractivity contribution in [3.8, 4) is 34.0 Å². The molecule has 6 aromatic rings. The third-order valence-corrected chi connectivity index (χ3v) is 11.6. The number of fused-ring (bicyclic) bond motifs is 1. The van der Waals surface area contributed by atoms with Crippen LogP contribution in [0.25, 0.3) is 39.2 Å². The number of hydrogen-bond acceptors (Lipinski definition) is 8. The number of nitrogens with one attached hydrogen (secondary N) is 2. The Bertz CT molecular complexity index is 2510. The minimum Gasteiger partial charge on any atom is -0.495 e. The number of amides is 1. The van der Waals surface area contributed by atoms with Crippen LogP contribution in [-0.2, 0) is 6.42 Å². The Hall–Kier alpha value is -6.08. The molecule has 5 heterocycles. The molecule has 0 saturated carbocycles. The van der Waals surface area contributed by atoms with Crippen LogP contribution in [0.2, 0.25) is 0 Å². The van der Waals surface area contributed by atoms with Crippen LogP contribution in [-0.4, -0.2) is 80.0 Å². The van der Waals surface area contributed by atoms with Gasteiger partial charge in [0.2, 0.25) is 0 Å². The third kappa shape index (κ3) is 7.15. The maximum absolute atomic E-state index is 14.3. The number of aromatic nitrogens is 5. The minimum absolute atomic E-state index is 0.0767. The van der Waals surface area contributed by atoms with E-state index in [9.17, 15) is 18.8 Å². The number of nitrogens with two attached hydrogens (primary N) is 1. The molecule has 282 valence electrons. The molecule has 1 spiro atoms. The highest BCUT2D eigenvalue weighted by Crippen LogP contribution is 2.42. The van der Waals surface area contributed by atoms with Crippen LogP contribution >= 0.6 is 0 Å². The lowest BCUT2D eigenvalue weighted by Gasteiger charge is -2.47. The minimum atomic E-state index is -0.599. The summed E-state index contributed by atoms with van der Waals surface area (Å²) in [5.41, 5.74) is 12.4. The molecule has 0 radical (unpaired) electrons. The number of likely N-dealkylation sites (tertiary alicyclic amines) is 2. The van der Waals surface area contributed by atoms with E-state index in [1.807, 2.05) is 17.9 Å². The molecule has 12 nitrogen and oxygen atoms in total. The Labute approximate surface area is 316 Å². The van der Waals surface area contributed by atoms with E-state index >= 15 is 0 Å². The van der Waals surface area contributed by atoms with Crippen molar-refractivity contribution in [3.63, 3.8) is 0 Å². The first-order valence-corrected chi connectivity index (χ1v) is 18.6. The molecule has 2 saturated heterocycles. The van der Waals surface area contributed by atoms with E-state index in [4.69, 9.17) is 10.5 Å². The van der Waals surface area contributed by atoms with E-state index in [1.165, 1.54) is 48.0 Å². The fourth-order valence-corrected chi connectivity index (χ4v) is 8.13. The smallest absolute Gasteiger partial charge is 0.333 e. The van der Waals surface area contributed by atoms with E-state index in [0.29, 0.717) is 52.7 Å². The summed E-state index contributed by atoms with van der Waals surface area (Å²) in [7, 11) is 1.50. The number of anilines is 1. The summed E-state index contributed by atoms with van der Waals surface area (Å²) in [5, 5.41) is 0.809. The highest BCUT2D eigenvalue weighted by atomic mass is 19.1. The molecule has 55 heavy (non-hydrogen) atoms. The van der Waals surface area contributed by atoms with Crippen LogP contribution in [0, 0.1) is 18.2 Å². The molecular weight excluding hydrogens is 700 g/mol. The second-order valence-electron chi connectivity index (χ2n) is 14.8. The number of nitrogen functional groups attached to an aromatic ring is 1.